The third-order valence-electron chi connectivity index (χ3n) is 4.74. The molecule has 1 aliphatic rings. The summed E-state index contributed by atoms with van der Waals surface area (Å²) in [5.74, 6) is 1.01. The Morgan fingerprint density at radius 2 is 1.93 bits per heavy atom. The number of ether oxygens (including phenoxy) is 3. The molecule has 0 bridgehead atoms. The fourth-order valence-corrected chi connectivity index (χ4v) is 3.33. The van der Waals surface area contributed by atoms with Crippen molar-refractivity contribution >= 4 is 5.91 Å². The van der Waals surface area contributed by atoms with Gasteiger partial charge in [-0.2, -0.15) is 0 Å². The molecule has 144 valence electrons. The zero-order valence-electron chi connectivity index (χ0n) is 15.6. The van der Waals surface area contributed by atoms with Gasteiger partial charge in [-0.15, -0.1) is 0 Å². The number of methoxy groups -OCH3 is 2. The maximum Gasteiger partial charge on any atom is 0.260 e. The number of halogens is 1. The third kappa shape index (κ3) is 4.51. The summed E-state index contributed by atoms with van der Waals surface area (Å²) in [4.78, 5) is 14.5. The van der Waals surface area contributed by atoms with Crippen molar-refractivity contribution in [3.8, 4) is 17.2 Å². The first-order valence-corrected chi connectivity index (χ1v) is 9.01. The zero-order chi connectivity index (χ0) is 19.2. The van der Waals surface area contributed by atoms with Gasteiger partial charge in [-0.05, 0) is 37.1 Å². The molecular formula is C21H24FNO4. The first kappa shape index (κ1) is 19.0. The van der Waals surface area contributed by atoms with Crippen molar-refractivity contribution < 1.29 is 23.4 Å². The summed E-state index contributed by atoms with van der Waals surface area (Å²) in [6, 6.07) is 11.8. The first-order valence-electron chi connectivity index (χ1n) is 9.01. The van der Waals surface area contributed by atoms with Crippen LogP contribution in [0.2, 0.25) is 0 Å². The average Bonchev–Trinajstić information content (AvgIpc) is 2.72. The number of benzene rings is 2. The summed E-state index contributed by atoms with van der Waals surface area (Å²) in [6.45, 7) is 1.62. The number of amides is 1. The zero-order valence-corrected chi connectivity index (χ0v) is 15.6. The van der Waals surface area contributed by atoms with E-state index in [1.165, 1.54) is 19.2 Å². The van der Waals surface area contributed by atoms with Gasteiger partial charge >= 0.3 is 0 Å². The highest BCUT2D eigenvalue weighted by Crippen LogP contribution is 2.26. The molecule has 0 saturated carbocycles. The van der Waals surface area contributed by atoms with Gasteiger partial charge in [0.15, 0.2) is 0 Å². The van der Waals surface area contributed by atoms with Crippen LogP contribution < -0.4 is 14.2 Å². The Morgan fingerprint density at radius 1 is 1.15 bits per heavy atom. The monoisotopic (exact) mass is 373 g/mol. The molecule has 3 rings (SSSR count). The van der Waals surface area contributed by atoms with E-state index in [9.17, 15) is 9.18 Å². The van der Waals surface area contributed by atoms with Gasteiger partial charge in [-0.25, -0.2) is 4.39 Å². The minimum absolute atomic E-state index is 0.00522. The molecule has 0 aliphatic carbocycles. The summed E-state index contributed by atoms with van der Waals surface area (Å²) in [7, 11) is 3.05. The van der Waals surface area contributed by atoms with Crippen LogP contribution in [0.5, 0.6) is 17.2 Å². The van der Waals surface area contributed by atoms with E-state index in [0.717, 1.165) is 24.3 Å². The Kier molecular flexibility index (Phi) is 6.16. The number of carbonyl (C=O) groups excluding carboxylic acids is 1. The maximum absolute atomic E-state index is 14.2. The van der Waals surface area contributed by atoms with Crippen LogP contribution in [0.25, 0.3) is 0 Å². The van der Waals surface area contributed by atoms with Crippen LogP contribution in [0.4, 0.5) is 4.39 Å². The fraction of sp³-hybridized carbons (Fsp3) is 0.381. The third-order valence-corrected chi connectivity index (χ3v) is 4.74. The minimum atomic E-state index is -0.561. The van der Waals surface area contributed by atoms with E-state index >= 15 is 0 Å². The number of rotatable bonds is 6. The topological polar surface area (TPSA) is 48.0 Å². The highest BCUT2D eigenvalue weighted by Gasteiger charge is 2.28. The Bertz CT molecular complexity index is 796. The van der Waals surface area contributed by atoms with Gasteiger partial charge in [-0.1, -0.05) is 12.1 Å². The molecule has 0 unspecified atom stereocenters. The van der Waals surface area contributed by atoms with Crippen molar-refractivity contribution in [2.45, 2.75) is 12.8 Å². The highest BCUT2D eigenvalue weighted by atomic mass is 19.1. The molecule has 1 aliphatic heterocycles. The number of piperidine rings is 1. The average molecular weight is 373 g/mol. The molecule has 1 fully saturated rings. The second-order valence-corrected chi connectivity index (χ2v) is 6.57. The minimum Gasteiger partial charge on any atom is -0.497 e. The van der Waals surface area contributed by atoms with E-state index in [4.69, 9.17) is 14.2 Å². The quantitative estimate of drug-likeness (QED) is 0.773. The fourth-order valence-electron chi connectivity index (χ4n) is 3.33. The lowest BCUT2D eigenvalue weighted by atomic mass is 9.98. The van der Waals surface area contributed by atoms with E-state index in [-0.39, 0.29) is 23.1 Å². The van der Waals surface area contributed by atoms with Gasteiger partial charge in [0.05, 0.1) is 20.8 Å². The van der Waals surface area contributed by atoms with Gasteiger partial charge < -0.3 is 19.1 Å². The SMILES string of the molecule is COc1cccc(OC[C@H]2CCCN(C(=O)c3c(F)cccc3OC)C2)c1. The summed E-state index contributed by atoms with van der Waals surface area (Å²) in [5, 5.41) is 0. The normalized spacial score (nSPS) is 16.7. The standard InChI is InChI=1S/C21H24FNO4/c1-25-16-7-3-8-17(12-16)27-14-15-6-5-11-23(13-15)21(24)20-18(22)9-4-10-19(20)26-2/h3-4,7-10,12,15H,5-6,11,13-14H2,1-2H3/t15-/m0/s1. The Morgan fingerprint density at radius 3 is 2.70 bits per heavy atom. The van der Waals surface area contributed by atoms with E-state index < -0.39 is 5.82 Å². The molecule has 1 heterocycles. The van der Waals surface area contributed by atoms with Crippen molar-refractivity contribution in [3.05, 3.63) is 53.8 Å². The largest absolute Gasteiger partial charge is 0.497 e. The van der Waals surface area contributed by atoms with Crippen LogP contribution >= 0.6 is 0 Å². The lowest BCUT2D eigenvalue weighted by Gasteiger charge is -2.33. The number of likely N-dealkylation sites (tertiary alicyclic amines) is 1. The highest BCUT2D eigenvalue weighted by molar-refractivity contribution is 5.97. The molecule has 0 aromatic heterocycles. The van der Waals surface area contributed by atoms with Crippen molar-refractivity contribution in [1.29, 1.82) is 0 Å². The smallest absolute Gasteiger partial charge is 0.260 e. The Labute approximate surface area is 158 Å². The predicted molar refractivity (Wildman–Crippen MR) is 100 cm³/mol. The second kappa shape index (κ2) is 8.75. The van der Waals surface area contributed by atoms with Crippen LogP contribution in [0.15, 0.2) is 42.5 Å². The number of nitrogens with zero attached hydrogens (tertiary/aromatic N) is 1. The predicted octanol–water partition coefficient (Wildman–Crippen LogP) is 3.77. The van der Waals surface area contributed by atoms with Gasteiger partial charge in [0.1, 0.15) is 28.6 Å². The molecule has 0 N–H and O–H groups in total. The molecule has 1 saturated heterocycles. The first-order chi connectivity index (χ1) is 13.1. The lowest BCUT2D eigenvalue weighted by Crippen LogP contribution is -2.42. The molecule has 6 heteroatoms. The molecule has 0 spiro atoms. The molecule has 1 amide bonds. The molecule has 0 radical (unpaired) electrons. The summed E-state index contributed by atoms with van der Waals surface area (Å²) in [5.41, 5.74) is -0.00522. The van der Waals surface area contributed by atoms with E-state index in [1.807, 2.05) is 24.3 Å². The number of hydrogen-bond donors (Lipinski definition) is 0. The van der Waals surface area contributed by atoms with E-state index in [1.54, 1.807) is 18.1 Å². The molecule has 2 aromatic carbocycles. The van der Waals surface area contributed by atoms with Gasteiger partial charge in [0.2, 0.25) is 0 Å². The molecule has 27 heavy (non-hydrogen) atoms. The van der Waals surface area contributed by atoms with Gasteiger partial charge in [-0.3, -0.25) is 4.79 Å². The Balaban J connectivity index is 1.65. The summed E-state index contributed by atoms with van der Waals surface area (Å²) in [6.07, 6.45) is 1.82. The van der Waals surface area contributed by atoms with Gasteiger partial charge in [0.25, 0.3) is 5.91 Å². The van der Waals surface area contributed by atoms with Crippen LogP contribution in [0, 0.1) is 11.7 Å². The summed E-state index contributed by atoms with van der Waals surface area (Å²) >= 11 is 0. The van der Waals surface area contributed by atoms with Crippen LogP contribution in [0.1, 0.15) is 23.2 Å². The maximum atomic E-state index is 14.2. The second-order valence-electron chi connectivity index (χ2n) is 6.57. The number of hydrogen-bond acceptors (Lipinski definition) is 4. The lowest BCUT2D eigenvalue weighted by molar-refractivity contribution is 0.0625. The van der Waals surface area contributed by atoms with Crippen LogP contribution in [0.3, 0.4) is 0 Å². The molecular weight excluding hydrogens is 349 g/mol. The van der Waals surface area contributed by atoms with Gasteiger partial charge in [0, 0.05) is 25.1 Å². The Hall–Kier alpha value is -2.76. The number of carbonyl (C=O) groups is 1. The van der Waals surface area contributed by atoms with Crippen molar-refractivity contribution in [1.82, 2.24) is 4.90 Å². The van der Waals surface area contributed by atoms with E-state index in [0.29, 0.717) is 19.7 Å². The van der Waals surface area contributed by atoms with Crippen molar-refractivity contribution in [3.63, 3.8) is 0 Å². The van der Waals surface area contributed by atoms with E-state index in [2.05, 4.69) is 0 Å². The molecule has 5 nitrogen and oxygen atoms in total. The van der Waals surface area contributed by atoms with Crippen molar-refractivity contribution in [2.24, 2.45) is 5.92 Å². The van der Waals surface area contributed by atoms with Crippen LogP contribution in [-0.4, -0.2) is 44.7 Å². The molecule has 2 aromatic rings. The summed E-state index contributed by atoms with van der Waals surface area (Å²) < 4.78 is 30.5. The molecule has 1 atom stereocenters. The van der Waals surface area contributed by atoms with Crippen molar-refractivity contribution in [2.75, 3.05) is 33.9 Å². The van der Waals surface area contributed by atoms with Crippen LogP contribution in [-0.2, 0) is 0 Å².